The quantitative estimate of drug-likeness (QED) is 0.277. The van der Waals surface area contributed by atoms with Crippen LogP contribution in [0.1, 0.15) is 37.6 Å². The molecule has 0 saturated carbocycles. The minimum Gasteiger partial charge on any atom is -0.256 e. The van der Waals surface area contributed by atoms with E-state index in [0.29, 0.717) is 0 Å². The first kappa shape index (κ1) is 20.4. The Hall–Kier alpha value is -3.52. The number of pyridine rings is 2. The summed E-state index contributed by atoms with van der Waals surface area (Å²) in [5.74, 6) is 0. The number of nitrogens with zero attached hydrogens (tertiary/aromatic N) is 2. The number of benzene rings is 3. The summed E-state index contributed by atoms with van der Waals surface area (Å²) in [6.07, 6.45) is 1.93. The molecule has 0 aliphatic rings. The van der Waals surface area contributed by atoms with Crippen molar-refractivity contribution in [2.45, 2.75) is 40.0 Å². The Kier molecular flexibility index (Phi) is 4.82. The molecule has 0 aliphatic carbocycles. The summed E-state index contributed by atoms with van der Waals surface area (Å²) in [6.45, 7) is 11.3. The maximum absolute atomic E-state index is 4.87. The second-order valence-corrected chi connectivity index (χ2v) is 9.67. The number of aryl methyl sites for hydroxylation is 1. The van der Waals surface area contributed by atoms with Gasteiger partial charge in [0.15, 0.2) is 5.69 Å². The molecule has 0 unspecified atom stereocenters. The fourth-order valence-electron chi connectivity index (χ4n) is 4.57. The molecule has 0 amide bonds. The zero-order valence-electron chi connectivity index (χ0n) is 19.5. The minimum absolute atomic E-state index is 0.0147. The van der Waals surface area contributed by atoms with Crippen LogP contribution in [-0.4, -0.2) is 4.98 Å². The minimum atomic E-state index is 0.0147. The number of para-hydroxylation sites is 1. The van der Waals surface area contributed by atoms with Crippen molar-refractivity contribution in [3.63, 3.8) is 0 Å². The van der Waals surface area contributed by atoms with E-state index in [0.717, 1.165) is 5.69 Å². The Morgan fingerprint density at radius 3 is 2.25 bits per heavy atom. The van der Waals surface area contributed by atoms with E-state index in [-0.39, 0.29) is 5.41 Å². The van der Waals surface area contributed by atoms with Crippen LogP contribution < -0.4 is 4.57 Å². The summed E-state index contributed by atoms with van der Waals surface area (Å²) in [5.41, 5.74) is 8.47. The van der Waals surface area contributed by atoms with E-state index in [1.807, 2.05) is 6.20 Å². The lowest BCUT2D eigenvalue weighted by Gasteiger charge is -2.22. The van der Waals surface area contributed by atoms with E-state index < -0.39 is 0 Å². The summed E-state index contributed by atoms with van der Waals surface area (Å²) in [6, 6.07) is 28.4. The van der Waals surface area contributed by atoms with Gasteiger partial charge < -0.3 is 0 Å². The fourth-order valence-corrected chi connectivity index (χ4v) is 4.57. The van der Waals surface area contributed by atoms with Crippen LogP contribution in [0.15, 0.2) is 85.1 Å². The second kappa shape index (κ2) is 7.56. The van der Waals surface area contributed by atoms with Crippen LogP contribution in [0.4, 0.5) is 0 Å². The fraction of sp³-hybridized carbons (Fsp3) is 0.200. The number of fused-ring (bicyclic) bond motifs is 2. The van der Waals surface area contributed by atoms with E-state index in [1.165, 1.54) is 49.7 Å². The molecule has 0 spiro atoms. The van der Waals surface area contributed by atoms with Crippen molar-refractivity contribution in [3.8, 4) is 16.9 Å². The van der Waals surface area contributed by atoms with Crippen LogP contribution in [0, 0.1) is 13.8 Å². The number of hydrogen-bond acceptors (Lipinski definition) is 1. The summed E-state index contributed by atoms with van der Waals surface area (Å²) >= 11 is 0. The highest BCUT2D eigenvalue weighted by Gasteiger charge is 2.26. The average molecular weight is 418 g/mol. The third kappa shape index (κ3) is 3.36. The van der Waals surface area contributed by atoms with Crippen LogP contribution in [0.2, 0.25) is 0 Å². The van der Waals surface area contributed by atoms with Crippen molar-refractivity contribution < 1.29 is 4.57 Å². The van der Waals surface area contributed by atoms with Crippen molar-refractivity contribution in [1.29, 1.82) is 0 Å². The molecule has 3 aromatic carbocycles. The Morgan fingerprint density at radius 1 is 0.750 bits per heavy atom. The largest absolute Gasteiger partial charge is 0.256 e. The predicted octanol–water partition coefficient (Wildman–Crippen LogP) is 7.25. The normalized spacial score (nSPS) is 11.9. The SMILES string of the molecule is Cc1c(-c2nccc3ccccc23)cc(C(C)(C)C)cc1-[n+]1c(C)ccc2ccccc21. The van der Waals surface area contributed by atoms with E-state index >= 15 is 0 Å². The molecule has 158 valence electrons. The standard InChI is InChI=1S/C30H29N2/c1-20-14-15-23-11-7-9-13-27(23)32(20)28-19-24(30(3,4)5)18-26(21(28)2)29-25-12-8-6-10-22(25)16-17-31-29/h6-19H,1-5H3/q+1. The number of hydrogen-bond donors (Lipinski definition) is 0. The van der Waals surface area contributed by atoms with Crippen molar-refractivity contribution in [1.82, 2.24) is 4.98 Å². The highest BCUT2D eigenvalue weighted by molar-refractivity contribution is 5.95. The first-order chi connectivity index (χ1) is 15.3. The Bertz CT molecular complexity index is 1470. The summed E-state index contributed by atoms with van der Waals surface area (Å²) in [4.78, 5) is 4.87. The molecule has 5 rings (SSSR count). The van der Waals surface area contributed by atoms with Crippen molar-refractivity contribution in [2.75, 3.05) is 0 Å². The van der Waals surface area contributed by atoms with Gasteiger partial charge in [0.05, 0.1) is 5.69 Å². The molecule has 0 radical (unpaired) electrons. The van der Waals surface area contributed by atoms with Gasteiger partial charge in [-0.25, -0.2) is 0 Å². The van der Waals surface area contributed by atoms with Gasteiger partial charge in [-0.3, -0.25) is 4.98 Å². The smallest absolute Gasteiger partial charge is 0.218 e. The molecule has 0 saturated heterocycles. The third-order valence-electron chi connectivity index (χ3n) is 6.45. The predicted molar refractivity (Wildman–Crippen MR) is 134 cm³/mol. The van der Waals surface area contributed by atoms with Gasteiger partial charge >= 0.3 is 0 Å². The molecule has 5 aromatic rings. The van der Waals surface area contributed by atoms with Gasteiger partial charge in [0.25, 0.3) is 0 Å². The lowest BCUT2D eigenvalue weighted by Crippen LogP contribution is -2.36. The lowest BCUT2D eigenvalue weighted by atomic mass is 9.83. The zero-order chi connectivity index (χ0) is 22.5. The molecule has 2 aromatic heterocycles. The van der Waals surface area contributed by atoms with Gasteiger partial charge in [-0.1, -0.05) is 57.2 Å². The van der Waals surface area contributed by atoms with Crippen LogP contribution in [0.3, 0.4) is 0 Å². The number of aromatic nitrogens is 2. The van der Waals surface area contributed by atoms with Crippen LogP contribution in [0.25, 0.3) is 38.6 Å². The average Bonchev–Trinajstić information content (AvgIpc) is 2.78. The molecule has 2 heteroatoms. The molecule has 2 nitrogen and oxygen atoms in total. The zero-order valence-corrected chi connectivity index (χ0v) is 19.5. The Balaban J connectivity index is 1.90. The monoisotopic (exact) mass is 417 g/mol. The third-order valence-corrected chi connectivity index (χ3v) is 6.45. The highest BCUT2D eigenvalue weighted by atomic mass is 15.0. The second-order valence-electron chi connectivity index (χ2n) is 9.67. The maximum atomic E-state index is 4.87. The van der Waals surface area contributed by atoms with Gasteiger partial charge in [0.1, 0.15) is 0 Å². The van der Waals surface area contributed by atoms with Crippen LogP contribution in [0.5, 0.6) is 0 Å². The van der Waals surface area contributed by atoms with Gasteiger partial charge in [0, 0.05) is 53.2 Å². The van der Waals surface area contributed by atoms with E-state index in [1.54, 1.807) is 0 Å². The maximum Gasteiger partial charge on any atom is 0.218 e. The van der Waals surface area contributed by atoms with E-state index in [2.05, 4.69) is 118 Å². The first-order valence-corrected chi connectivity index (χ1v) is 11.2. The molecule has 0 aliphatic heterocycles. The van der Waals surface area contributed by atoms with Crippen LogP contribution in [-0.2, 0) is 5.41 Å². The van der Waals surface area contributed by atoms with Crippen molar-refractivity contribution in [3.05, 3.63) is 102 Å². The van der Waals surface area contributed by atoms with E-state index in [9.17, 15) is 0 Å². The molecular weight excluding hydrogens is 388 g/mol. The van der Waals surface area contributed by atoms with E-state index in [4.69, 9.17) is 4.98 Å². The molecule has 0 atom stereocenters. The first-order valence-electron chi connectivity index (χ1n) is 11.2. The lowest BCUT2D eigenvalue weighted by molar-refractivity contribution is -0.574. The highest BCUT2D eigenvalue weighted by Crippen LogP contribution is 2.35. The topological polar surface area (TPSA) is 16.8 Å². The molecule has 0 fully saturated rings. The summed E-state index contributed by atoms with van der Waals surface area (Å²) in [7, 11) is 0. The van der Waals surface area contributed by atoms with Crippen molar-refractivity contribution >= 4 is 21.7 Å². The van der Waals surface area contributed by atoms with Crippen molar-refractivity contribution in [2.24, 2.45) is 0 Å². The van der Waals surface area contributed by atoms with Gasteiger partial charge in [-0.15, -0.1) is 0 Å². The summed E-state index contributed by atoms with van der Waals surface area (Å²) in [5, 5.41) is 3.65. The van der Waals surface area contributed by atoms with Gasteiger partial charge in [-0.2, -0.15) is 4.57 Å². The molecule has 0 N–H and O–H groups in total. The van der Waals surface area contributed by atoms with Gasteiger partial charge in [-0.05, 0) is 47.6 Å². The number of rotatable bonds is 2. The molecular formula is C30H29N2+. The Labute approximate surface area is 190 Å². The Morgan fingerprint density at radius 2 is 1.47 bits per heavy atom. The van der Waals surface area contributed by atoms with Gasteiger partial charge in [0.2, 0.25) is 11.2 Å². The molecule has 2 heterocycles. The summed E-state index contributed by atoms with van der Waals surface area (Å²) < 4.78 is 2.40. The molecule has 32 heavy (non-hydrogen) atoms. The molecule has 0 bridgehead atoms. The van der Waals surface area contributed by atoms with Crippen LogP contribution >= 0.6 is 0 Å².